The molecule has 8 heteroatoms. The molecule has 0 bridgehead atoms. The number of nitrogens with one attached hydrogen (secondary N) is 1. The van der Waals surface area contributed by atoms with Crippen LogP contribution in [0.2, 0.25) is 0 Å². The molecule has 0 atom stereocenters. The first-order valence-corrected chi connectivity index (χ1v) is 11.4. The molecular formula is C25H27F2N5O. The standard InChI is InChI=1S/C25H27F2N5O/c1-16-12-20(22(27)13-21(16)26)24-7-6-23(25-28-9-10-31(24)25)30-18-14-29-32(15-18)19-4-2-17(3-5-19)8-11-33/h6-7,9-10,12-15,17,19,30,33H,2-5,8,11H2,1H3. The third-order valence-electron chi connectivity index (χ3n) is 6.68. The first kappa shape index (κ1) is 21.6. The van der Waals surface area contributed by atoms with Crippen molar-refractivity contribution in [1.29, 1.82) is 0 Å². The van der Waals surface area contributed by atoms with E-state index in [1.165, 1.54) is 6.07 Å². The third-order valence-corrected chi connectivity index (χ3v) is 6.68. The van der Waals surface area contributed by atoms with E-state index in [2.05, 4.69) is 15.4 Å². The molecule has 3 heterocycles. The Morgan fingerprint density at radius 1 is 1.12 bits per heavy atom. The Morgan fingerprint density at radius 3 is 2.73 bits per heavy atom. The molecule has 0 radical (unpaired) electrons. The zero-order valence-electron chi connectivity index (χ0n) is 18.5. The summed E-state index contributed by atoms with van der Waals surface area (Å²) in [6.07, 6.45) is 12.5. The van der Waals surface area contributed by atoms with Crippen molar-refractivity contribution >= 4 is 17.0 Å². The Morgan fingerprint density at radius 2 is 1.94 bits per heavy atom. The molecule has 172 valence electrons. The normalized spacial score (nSPS) is 18.7. The van der Waals surface area contributed by atoms with Crippen LogP contribution in [0, 0.1) is 24.5 Å². The largest absolute Gasteiger partial charge is 0.396 e. The van der Waals surface area contributed by atoms with Gasteiger partial charge in [-0.3, -0.25) is 9.08 Å². The van der Waals surface area contributed by atoms with Gasteiger partial charge in [-0.2, -0.15) is 5.10 Å². The van der Waals surface area contributed by atoms with E-state index in [0.29, 0.717) is 34.4 Å². The van der Waals surface area contributed by atoms with Crippen molar-refractivity contribution in [1.82, 2.24) is 19.2 Å². The molecule has 0 aliphatic heterocycles. The highest BCUT2D eigenvalue weighted by Crippen LogP contribution is 2.34. The summed E-state index contributed by atoms with van der Waals surface area (Å²) in [5, 5.41) is 17.1. The number of hydrogen-bond acceptors (Lipinski definition) is 4. The molecule has 1 fully saturated rings. The van der Waals surface area contributed by atoms with Crippen LogP contribution in [0.15, 0.2) is 49.1 Å². The quantitative estimate of drug-likeness (QED) is 0.398. The fourth-order valence-electron chi connectivity index (χ4n) is 4.82. The highest BCUT2D eigenvalue weighted by molar-refractivity contribution is 5.78. The Bertz CT molecular complexity index is 1270. The Kier molecular flexibility index (Phi) is 5.85. The lowest BCUT2D eigenvalue weighted by Crippen LogP contribution is -2.19. The minimum absolute atomic E-state index is 0.264. The van der Waals surface area contributed by atoms with Crippen LogP contribution >= 0.6 is 0 Å². The number of benzene rings is 1. The first-order chi connectivity index (χ1) is 16.0. The molecular weight excluding hydrogens is 424 g/mol. The van der Waals surface area contributed by atoms with Gasteiger partial charge in [0.25, 0.3) is 0 Å². The van der Waals surface area contributed by atoms with Crippen molar-refractivity contribution in [3.05, 3.63) is 66.3 Å². The van der Waals surface area contributed by atoms with Crippen molar-refractivity contribution in [3.63, 3.8) is 0 Å². The van der Waals surface area contributed by atoms with Crippen LogP contribution in [0.25, 0.3) is 16.9 Å². The zero-order chi connectivity index (χ0) is 22.9. The maximum atomic E-state index is 14.5. The van der Waals surface area contributed by atoms with Gasteiger partial charge in [0.05, 0.1) is 29.3 Å². The number of rotatable bonds is 6. The van der Waals surface area contributed by atoms with Gasteiger partial charge in [0, 0.05) is 36.8 Å². The molecule has 0 spiro atoms. The highest BCUT2D eigenvalue weighted by atomic mass is 19.1. The van der Waals surface area contributed by atoms with Crippen LogP contribution in [-0.4, -0.2) is 30.9 Å². The molecule has 0 saturated heterocycles. The average molecular weight is 452 g/mol. The van der Waals surface area contributed by atoms with Crippen molar-refractivity contribution in [3.8, 4) is 11.3 Å². The van der Waals surface area contributed by atoms with Gasteiger partial charge >= 0.3 is 0 Å². The SMILES string of the molecule is Cc1cc(-c2ccc(Nc3cnn(C4CCC(CCO)CC4)c3)c3nccn23)c(F)cc1F. The smallest absolute Gasteiger partial charge is 0.161 e. The van der Waals surface area contributed by atoms with E-state index in [0.717, 1.165) is 49.5 Å². The van der Waals surface area contributed by atoms with Gasteiger partial charge in [-0.1, -0.05) is 0 Å². The van der Waals surface area contributed by atoms with Crippen LogP contribution in [0.5, 0.6) is 0 Å². The lowest BCUT2D eigenvalue weighted by molar-refractivity contribution is 0.202. The first-order valence-electron chi connectivity index (χ1n) is 11.4. The van der Waals surface area contributed by atoms with Crippen LogP contribution in [0.1, 0.15) is 43.7 Å². The molecule has 1 saturated carbocycles. The number of imidazole rings is 1. The van der Waals surface area contributed by atoms with Gasteiger partial charge in [0.15, 0.2) is 5.65 Å². The predicted octanol–water partition coefficient (Wildman–Crippen LogP) is 5.64. The lowest BCUT2D eigenvalue weighted by Gasteiger charge is -2.28. The molecule has 1 aliphatic carbocycles. The fraction of sp³-hybridized carbons (Fsp3) is 0.360. The van der Waals surface area contributed by atoms with Crippen LogP contribution in [0.4, 0.5) is 20.2 Å². The van der Waals surface area contributed by atoms with Gasteiger partial charge in [-0.15, -0.1) is 0 Å². The zero-order valence-corrected chi connectivity index (χ0v) is 18.5. The monoisotopic (exact) mass is 451 g/mol. The highest BCUT2D eigenvalue weighted by Gasteiger charge is 2.23. The number of nitrogens with zero attached hydrogens (tertiary/aromatic N) is 4. The number of pyridine rings is 1. The topological polar surface area (TPSA) is 67.4 Å². The number of aromatic nitrogens is 4. The molecule has 0 amide bonds. The average Bonchev–Trinajstić information content (AvgIpc) is 3.48. The fourth-order valence-corrected chi connectivity index (χ4v) is 4.82. The molecule has 0 unspecified atom stereocenters. The van der Waals surface area contributed by atoms with Crippen molar-refractivity contribution in [2.24, 2.45) is 5.92 Å². The lowest BCUT2D eigenvalue weighted by atomic mass is 9.84. The van der Waals surface area contributed by atoms with Crippen LogP contribution in [-0.2, 0) is 0 Å². The van der Waals surface area contributed by atoms with E-state index in [1.54, 1.807) is 36.0 Å². The Hall–Kier alpha value is -3.26. The molecule has 5 rings (SSSR count). The minimum atomic E-state index is -0.608. The summed E-state index contributed by atoms with van der Waals surface area (Å²) >= 11 is 0. The summed E-state index contributed by atoms with van der Waals surface area (Å²) in [5.74, 6) is -0.555. The summed E-state index contributed by atoms with van der Waals surface area (Å²) in [7, 11) is 0. The Balaban J connectivity index is 1.38. The van der Waals surface area contributed by atoms with Gasteiger partial charge < -0.3 is 10.4 Å². The second kappa shape index (κ2) is 8.94. The number of aliphatic hydroxyl groups excluding tert-OH is 1. The van der Waals surface area contributed by atoms with Gasteiger partial charge in [0.2, 0.25) is 0 Å². The minimum Gasteiger partial charge on any atom is -0.396 e. The van der Waals surface area contributed by atoms with Gasteiger partial charge in [0.1, 0.15) is 11.6 Å². The van der Waals surface area contributed by atoms with Crippen LogP contribution in [0.3, 0.4) is 0 Å². The number of fused-ring (bicyclic) bond motifs is 1. The van der Waals surface area contributed by atoms with Gasteiger partial charge in [-0.25, -0.2) is 13.8 Å². The summed E-state index contributed by atoms with van der Waals surface area (Å²) in [6.45, 7) is 1.88. The number of hydrogen-bond donors (Lipinski definition) is 2. The maximum absolute atomic E-state index is 14.5. The summed E-state index contributed by atoms with van der Waals surface area (Å²) < 4.78 is 32.1. The second-order valence-corrected chi connectivity index (χ2v) is 8.86. The number of anilines is 2. The van der Waals surface area contributed by atoms with Gasteiger partial charge in [-0.05, 0) is 68.7 Å². The number of aryl methyl sites for hydroxylation is 1. The van der Waals surface area contributed by atoms with Crippen LogP contribution < -0.4 is 5.32 Å². The molecule has 33 heavy (non-hydrogen) atoms. The van der Waals surface area contributed by atoms with E-state index in [-0.39, 0.29) is 6.61 Å². The molecule has 6 nitrogen and oxygen atoms in total. The van der Waals surface area contributed by atoms with E-state index in [9.17, 15) is 8.78 Å². The molecule has 4 aromatic rings. The number of aliphatic hydroxyl groups is 1. The number of halogens is 2. The summed E-state index contributed by atoms with van der Waals surface area (Å²) in [5.41, 5.74) is 3.59. The van der Waals surface area contributed by atoms with Crippen molar-refractivity contribution in [2.45, 2.75) is 45.1 Å². The molecule has 2 N–H and O–H groups in total. The maximum Gasteiger partial charge on any atom is 0.161 e. The third kappa shape index (κ3) is 4.23. The summed E-state index contributed by atoms with van der Waals surface area (Å²) in [6, 6.07) is 6.47. The molecule has 1 aliphatic rings. The molecule has 3 aromatic heterocycles. The van der Waals surface area contributed by atoms with Crippen molar-refractivity contribution in [2.75, 3.05) is 11.9 Å². The molecule has 1 aromatic carbocycles. The summed E-state index contributed by atoms with van der Waals surface area (Å²) in [4.78, 5) is 4.45. The van der Waals surface area contributed by atoms with E-state index in [1.807, 2.05) is 16.9 Å². The second-order valence-electron chi connectivity index (χ2n) is 8.86. The van der Waals surface area contributed by atoms with E-state index >= 15 is 0 Å². The van der Waals surface area contributed by atoms with E-state index < -0.39 is 11.6 Å². The van der Waals surface area contributed by atoms with E-state index in [4.69, 9.17) is 5.11 Å². The predicted molar refractivity (Wildman–Crippen MR) is 123 cm³/mol. The van der Waals surface area contributed by atoms with Crippen molar-refractivity contribution < 1.29 is 13.9 Å². The Labute approximate surface area is 190 Å².